The number of carboxylic acids is 1. The van der Waals surface area contributed by atoms with Gasteiger partial charge in [-0.2, -0.15) is 0 Å². The predicted octanol–water partition coefficient (Wildman–Crippen LogP) is 2.97. The van der Waals surface area contributed by atoms with Gasteiger partial charge >= 0.3 is 5.97 Å². The van der Waals surface area contributed by atoms with Crippen LogP contribution in [0.15, 0.2) is 28.6 Å². The Hall–Kier alpha value is -1.11. The summed E-state index contributed by atoms with van der Waals surface area (Å²) in [7, 11) is 0. The number of nitrogens with two attached hydrogens (primary N) is 1. The highest BCUT2D eigenvalue weighted by Gasteiger charge is 2.26. The Labute approximate surface area is 120 Å². The highest BCUT2D eigenvalue weighted by molar-refractivity contribution is 8.01. The zero-order valence-electron chi connectivity index (χ0n) is 10.6. The number of aliphatic carboxylic acids is 1. The minimum atomic E-state index is -1.13. The van der Waals surface area contributed by atoms with Crippen LogP contribution in [-0.4, -0.2) is 27.4 Å². The lowest BCUT2D eigenvalue weighted by Crippen LogP contribution is -2.44. The Kier molecular flexibility index (Phi) is 4.44. The van der Waals surface area contributed by atoms with E-state index in [9.17, 15) is 4.79 Å². The van der Waals surface area contributed by atoms with E-state index in [2.05, 4.69) is 11.1 Å². The minimum absolute atomic E-state index is 0.472. The molecular weight excluding hydrogens is 280 g/mol. The number of nitrogens with zero attached hydrogens (tertiary/aromatic N) is 1. The molecule has 19 heavy (non-hydrogen) atoms. The molecule has 0 aliphatic rings. The zero-order chi connectivity index (χ0) is 13.9. The Morgan fingerprint density at radius 1 is 1.53 bits per heavy atom. The summed E-state index contributed by atoms with van der Waals surface area (Å²) in [5.74, 6) is -0.114. The third-order valence-electron chi connectivity index (χ3n) is 2.83. The Morgan fingerprint density at radius 2 is 2.26 bits per heavy atom. The first-order valence-electron chi connectivity index (χ1n) is 6.00. The van der Waals surface area contributed by atoms with Crippen molar-refractivity contribution in [1.29, 1.82) is 0 Å². The van der Waals surface area contributed by atoms with E-state index < -0.39 is 11.5 Å². The van der Waals surface area contributed by atoms with Gasteiger partial charge in [0.15, 0.2) is 4.34 Å². The fraction of sp³-hybridized carbons (Fsp3) is 0.385. The highest BCUT2D eigenvalue weighted by Crippen LogP contribution is 2.30. The van der Waals surface area contributed by atoms with Gasteiger partial charge in [0.25, 0.3) is 0 Å². The van der Waals surface area contributed by atoms with Gasteiger partial charge in [0.1, 0.15) is 5.54 Å². The Balaban J connectivity index is 1.84. The number of hydrogen-bond donors (Lipinski definition) is 2. The van der Waals surface area contributed by atoms with Gasteiger partial charge in [0.05, 0.1) is 10.2 Å². The Bertz CT molecular complexity index is 548. The van der Waals surface area contributed by atoms with Crippen molar-refractivity contribution in [2.75, 3.05) is 5.75 Å². The molecule has 2 aromatic rings. The molecule has 0 amide bonds. The molecule has 2 rings (SSSR count). The first-order chi connectivity index (χ1) is 8.99. The molecule has 6 heteroatoms. The second kappa shape index (κ2) is 5.90. The molecule has 0 aliphatic carbocycles. The summed E-state index contributed by atoms with van der Waals surface area (Å²) >= 11 is 3.32. The number of rotatable bonds is 6. The van der Waals surface area contributed by atoms with Crippen LogP contribution in [0, 0.1) is 0 Å². The number of benzene rings is 1. The van der Waals surface area contributed by atoms with E-state index in [1.54, 1.807) is 30.0 Å². The third kappa shape index (κ3) is 3.68. The van der Waals surface area contributed by atoms with Crippen molar-refractivity contribution in [1.82, 2.24) is 4.98 Å². The van der Waals surface area contributed by atoms with Crippen LogP contribution in [-0.2, 0) is 4.79 Å². The van der Waals surface area contributed by atoms with Crippen LogP contribution >= 0.6 is 23.1 Å². The molecule has 102 valence electrons. The van der Waals surface area contributed by atoms with Crippen LogP contribution in [0.25, 0.3) is 10.2 Å². The van der Waals surface area contributed by atoms with Gasteiger partial charge in [-0.3, -0.25) is 4.79 Å². The van der Waals surface area contributed by atoms with Crippen molar-refractivity contribution in [3.05, 3.63) is 24.3 Å². The van der Waals surface area contributed by atoms with Crippen molar-refractivity contribution in [3.8, 4) is 0 Å². The number of thioether (sulfide) groups is 1. The molecule has 4 nitrogen and oxygen atoms in total. The SMILES string of the molecule is CC(N)(CCCSc1nc2ccccc2s1)C(=O)O. The highest BCUT2D eigenvalue weighted by atomic mass is 32.2. The zero-order valence-corrected chi connectivity index (χ0v) is 12.3. The molecule has 0 radical (unpaired) electrons. The molecule has 1 unspecified atom stereocenters. The average molecular weight is 296 g/mol. The van der Waals surface area contributed by atoms with Crippen molar-refractivity contribution in [3.63, 3.8) is 0 Å². The van der Waals surface area contributed by atoms with Gasteiger partial charge in [-0.15, -0.1) is 11.3 Å². The summed E-state index contributed by atoms with van der Waals surface area (Å²) in [6.45, 7) is 1.55. The molecule has 1 atom stereocenters. The van der Waals surface area contributed by atoms with Crippen molar-refractivity contribution < 1.29 is 9.90 Å². The summed E-state index contributed by atoms with van der Waals surface area (Å²) in [4.78, 5) is 15.4. The van der Waals surface area contributed by atoms with Crippen molar-refractivity contribution in [2.24, 2.45) is 5.73 Å². The van der Waals surface area contributed by atoms with Crippen LogP contribution in [0.2, 0.25) is 0 Å². The van der Waals surface area contributed by atoms with Crippen LogP contribution in [0.3, 0.4) is 0 Å². The van der Waals surface area contributed by atoms with E-state index in [-0.39, 0.29) is 0 Å². The van der Waals surface area contributed by atoms with Crippen LogP contribution in [0.4, 0.5) is 0 Å². The predicted molar refractivity (Wildman–Crippen MR) is 79.8 cm³/mol. The fourth-order valence-corrected chi connectivity index (χ4v) is 3.70. The van der Waals surface area contributed by atoms with Gasteiger partial charge in [-0.1, -0.05) is 23.9 Å². The number of carbonyl (C=O) groups is 1. The maximum absolute atomic E-state index is 10.9. The average Bonchev–Trinajstić information content (AvgIpc) is 2.77. The maximum atomic E-state index is 10.9. The first-order valence-corrected chi connectivity index (χ1v) is 7.80. The Morgan fingerprint density at radius 3 is 2.95 bits per heavy atom. The van der Waals surface area contributed by atoms with E-state index in [0.29, 0.717) is 6.42 Å². The summed E-state index contributed by atoms with van der Waals surface area (Å²) in [6.07, 6.45) is 1.24. The molecule has 1 aromatic heterocycles. The number of para-hydroxylation sites is 1. The fourth-order valence-electron chi connectivity index (χ4n) is 1.62. The van der Waals surface area contributed by atoms with Crippen LogP contribution < -0.4 is 5.73 Å². The monoisotopic (exact) mass is 296 g/mol. The number of aromatic nitrogens is 1. The molecule has 1 aromatic carbocycles. The maximum Gasteiger partial charge on any atom is 0.323 e. The third-order valence-corrected chi connectivity index (χ3v) is 5.09. The molecule has 0 saturated carbocycles. The van der Waals surface area contributed by atoms with Gasteiger partial charge in [-0.05, 0) is 31.9 Å². The molecule has 3 N–H and O–H groups in total. The number of hydrogen-bond acceptors (Lipinski definition) is 5. The number of thiazole rings is 1. The smallest absolute Gasteiger partial charge is 0.323 e. The van der Waals surface area contributed by atoms with Gasteiger partial charge in [-0.25, -0.2) is 4.98 Å². The topological polar surface area (TPSA) is 76.2 Å². The normalized spacial score (nSPS) is 14.4. The number of carboxylic acid groups (broad SMARTS) is 1. The van der Waals surface area contributed by atoms with Gasteiger partial charge in [0.2, 0.25) is 0 Å². The number of fused-ring (bicyclic) bond motifs is 1. The molecule has 0 fully saturated rings. The largest absolute Gasteiger partial charge is 0.480 e. The van der Waals surface area contributed by atoms with Crippen molar-refractivity contribution in [2.45, 2.75) is 29.6 Å². The lowest BCUT2D eigenvalue weighted by atomic mass is 9.98. The molecule has 0 bridgehead atoms. The lowest BCUT2D eigenvalue weighted by Gasteiger charge is -2.18. The van der Waals surface area contributed by atoms with Crippen LogP contribution in [0.1, 0.15) is 19.8 Å². The van der Waals surface area contributed by atoms with Crippen molar-refractivity contribution >= 4 is 39.3 Å². The van der Waals surface area contributed by atoms with E-state index in [0.717, 1.165) is 22.0 Å². The van der Waals surface area contributed by atoms with Gasteiger partial charge in [0, 0.05) is 5.75 Å². The summed E-state index contributed by atoms with van der Waals surface area (Å²) in [6, 6.07) is 8.03. The standard InChI is InChI=1S/C13H16N2O2S2/c1-13(14,11(16)17)7-4-8-18-12-15-9-5-2-3-6-10(9)19-12/h2-3,5-6H,4,7-8,14H2,1H3,(H,16,17). The molecule has 0 saturated heterocycles. The summed E-state index contributed by atoms with van der Waals surface area (Å²) < 4.78 is 2.20. The van der Waals surface area contributed by atoms with E-state index in [1.165, 1.54) is 4.70 Å². The van der Waals surface area contributed by atoms with Gasteiger partial charge < -0.3 is 10.8 Å². The van der Waals surface area contributed by atoms with Crippen LogP contribution in [0.5, 0.6) is 0 Å². The molecule has 0 aliphatic heterocycles. The molecular formula is C13H16N2O2S2. The first kappa shape index (κ1) is 14.3. The van der Waals surface area contributed by atoms with E-state index in [1.807, 2.05) is 18.2 Å². The molecule has 0 spiro atoms. The summed E-state index contributed by atoms with van der Waals surface area (Å²) in [5.41, 5.74) is 5.57. The second-order valence-electron chi connectivity index (χ2n) is 4.62. The summed E-state index contributed by atoms with van der Waals surface area (Å²) in [5, 5.41) is 8.91. The quantitative estimate of drug-likeness (QED) is 0.633. The minimum Gasteiger partial charge on any atom is -0.480 e. The van der Waals surface area contributed by atoms with E-state index in [4.69, 9.17) is 10.8 Å². The lowest BCUT2D eigenvalue weighted by molar-refractivity contribution is -0.142. The van der Waals surface area contributed by atoms with E-state index >= 15 is 0 Å². The molecule has 1 heterocycles. The second-order valence-corrected chi connectivity index (χ2v) is 6.99.